The zero-order valence-corrected chi connectivity index (χ0v) is 8.23. The average Bonchev–Trinajstić information content (AvgIpc) is 2.42. The second-order valence-electron chi connectivity index (χ2n) is 3.36. The van der Waals surface area contributed by atoms with Crippen LogP contribution in [0.2, 0.25) is 0 Å². The number of Topliss-reactive ketones (excluding diaryl/α,β-unsaturated/α-hetero) is 1. The highest BCUT2D eigenvalue weighted by Gasteiger charge is 2.43. The molecule has 5 nitrogen and oxygen atoms in total. The number of rotatable bonds is 4. The van der Waals surface area contributed by atoms with E-state index in [0.29, 0.717) is 6.42 Å². The topological polar surface area (TPSA) is 72.8 Å². The number of carbonyl (C=O) groups excluding carboxylic acids is 1. The molecule has 0 amide bonds. The van der Waals surface area contributed by atoms with Gasteiger partial charge in [0.15, 0.2) is 5.78 Å². The van der Waals surface area contributed by atoms with Crippen LogP contribution in [0.4, 0.5) is 0 Å². The lowest BCUT2D eigenvalue weighted by Crippen LogP contribution is -2.30. The fraction of sp³-hybridized carbons (Fsp3) is 0.778. The van der Waals surface area contributed by atoms with Gasteiger partial charge in [0.1, 0.15) is 6.10 Å². The summed E-state index contributed by atoms with van der Waals surface area (Å²) in [5, 5.41) is 8.58. The number of aliphatic carboxylic acids is 1. The highest BCUT2D eigenvalue weighted by Crippen LogP contribution is 2.28. The third-order valence-electron chi connectivity index (χ3n) is 2.51. The van der Waals surface area contributed by atoms with Crippen LogP contribution in [-0.2, 0) is 19.1 Å². The molecule has 5 heteroatoms. The number of hydrogen-bond acceptors (Lipinski definition) is 4. The molecule has 0 bridgehead atoms. The van der Waals surface area contributed by atoms with Gasteiger partial charge in [-0.05, 0) is 6.42 Å². The van der Waals surface area contributed by atoms with Crippen molar-refractivity contribution in [2.75, 3.05) is 14.2 Å². The van der Waals surface area contributed by atoms with Crippen molar-refractivity contribution in [3.05, 3.63) is 0 Å². The van der Waals surface area contributed by atoms with Crippen LogP contribution in [-0.4, -0.2) is 43.3 Å². The van der Waals surface area contributed by atoms with Crippen LogP contribution in [0.15, 0.2) is 0 Å². The Morgan fingerprint density at radius 3 is 2.50 bits per heavy atom. The summed E-state index contributed by atoms with van der Waals surface area (Å²) in [4.78, 5) is 22.0. The van der Waals surface area contributed by atoms with Crippen molar-refractivity contribution in [1.82, 2.24) is 0 Å². The Morgan fingerprint density at radius 1 is 1.50 bits per heavy atom. The van der Waals surface area contributed by atoms with Crippen LogP contribution in [0.25, 0.3) is 0 Å². The Labute approximate surface area is 82.0 Å². The molecule has 0 aliphatic heterocycles. The first-order chi connectivity index (χ1) is 6.60. The fourth-order valence-electron chi connectivity index (χ4n) is 1.82. The average molecular weight is 202 g/mol. The molecule has 80 valence electrons. The quantitative estimate of drug-likeness (QED) is 0.698. The first-order valence-electron chi connectivity index (χ1n) is 4.41. The number of carboxylic acids is 1. The minimum absolute atomic E-state index is 0.140. The molecule has 0 heterocycles. The molecule has 3 unspecified atom stereocenters. The van der Waals surface area contributed by atoms with Gasteiger partial charge in [-0.1, -0.05) is 0 Å². The van der Waals surface area contributed by atoms with E-state index in [1.165, 1.54) is 14.2 Å². The van der Waals surface area contributed by atoms with Gasteiger partial charge in [0.25, 0.3) is 0 Å². The normalized spacial score (nSPS) is 32.1. The summed E-state index contributed by atoms with van der Waals surface area (Å²) in [7, 11) is 2.92. The molecule has 0 aromatic carbocycles. The number of ether oxygens (including phenoxy) is 2. The van der Waals surface area contributed by atoms with E-state index < -0.39 is 18.0 Å². The molecule has 1 saturated carbocycles. The first-order valence-corrected chi connectivity index (χ1v) is 4.41. The summed E-state index contributed by atoms with van der Waals surface area (Å²) in [5.74, 6) is -1.60. The van der Waals surface area contributed by atoms with E-state index in [-0.39, 0.29) is 18.3 Å². The third kappa shape index (κ3) is 2.10. The third-order valence-corrected chi connectivity index (χ3v) is 2.51. The summed E-state index contributed by atoms with van der Waals surface area (Å²) in [6.45, 7) is 0. The molecule has 0 spiro atoms. The molecular formula is C9H14O5. The summed E-state index contributed by atoms with van der Waals surface area (Å²) in [6.07, 6.45) is -0.625. The van der Waals surface area contributed by atoms with Crippen LogP contribution in [0, 0.1) is 5.92 Å². The Kier molecular flexibility index (Phi) is 3.60. The molecule has 0 aromatic rings. The van der Waals surface area contributed by atoms with Gasteiger partial charge in [-0.15, -0.1) is 0 Å². The van der Waals surface area contributed by atoms with E-state index in [9.17, 15) is 9.59 Å². The zero-order valence-electron chi connectivity index (χ0n) is 8.23. The lowest BCUT2D eigenvalue weighted by molar-refractivity contribution is -0.141. The fourth-order valence-corrected chi connectivity index (χ4v) is 1.82. The highest BCUT2D eigenvalue weighted by atomic mass is 16.5. The zero-order chi connectivity index (χ0) is 10.7. The molecule has 1 fully saturated rings. The number of carbonyl (C=O) groups is 2. The predicted molar refractivity (Wildman–Crippen MR) is 47.0 cm³/mol. The Balaban J connectivity index is 2.66. The Morgan fingerprint density at radius 2 is 2.14 bits per heavy atom. The Bertz CT molecular complexity index is 237. The van der Waals surface area contributed by atoms with Gasteiger partial charge in [-0.25, -0.2) is 0 Å². The standard InChI is InChI=1S/C9H14O5/c1-13-6-3-5(4-7(10)11)8(12)9(6)14-2/h5-6,9H,3-4H2,1-2H3,(H,10,11). The smallest absolute Gasteiger partial charge is 0.304 e. The van der Waals surface area contributed by atoms with Crippen LogP contribution >= 0.6 is 0 Å². The minimum Gasteiger partial charge on any atom is -0.481 e. The maximum atomic E-state index is 11.6. The largest absolute Gasteiger partial charge is 0.481 e. The monoisotopic (exact) mass is 202 g/mol. The van der Waals surface area contributed by atoms with Crippen molar-refractivity contribution in [2.45, 2.75) is 25.0 Å². The van der Waals surface area contributed by atoms with Crippen molar-refractivity contribution >= 4 is 11.8 Å². The van der Waals surface area contributed by atoms with E-state index in [0.717, 1.165) is 0 Å². The SMILES string of the molecule is COC1CC(CC(=O)O)C(=O)C1OC. The Hall–Kier alpha value is -0.940. The van der Waals surface area contributed by atoms with E-state index in [1.807, 2.05) is 0 Å². The van der Waals surface area contributed by atoms with Crippen LogP contribution in [0.1, 0.15) is 12.8 Å². The van der Waals surface area contributed by atoms with Gasteiger partial charge >= 0.3 is 5.97 Å². The second-order valence-corrected chi connectivity index (χ2v) is 3.36. The molecule has 1 aliphatic rings. The van der Waals surface area contributed by atoms with Crippen LogP contribution in [0.5, 0.6) is 0 Å². The number of methoxy groups -OCH3 is 2. The van der Waals surface area contributed by atoms with Crippen molar-refractivity contribution in [2.24, 2.45) is 5.92 Å². The van der Waals surface area contributed by atoms with Crippen molar-refractivity contribution < 1.29 is 24.2 Å². The van der Waals surface area contributed by atoms with Crippen molar-refractivity contribution in [1.29, 1.82) is 0 Å². The van der Waals surface area contributed by atoms with Gasteiger partial charge in [-0.3, -0.25) is 9.59 Å². The summed E-state index contributed by atoms with van der Waals surface area (Å²) in [5.41, 5.74) is 0. The van der Waals surface area contributed by atoms with Crippen LogP contribution in [0.3, 0.4) is 0 Å². The molecule has 3 atom stereocenters. The van der Waals surface area contributed by atoms with Crippen LogP contribution < -0.4 is 0 Å². The second kappa shape index (κ2) is 4.52. The summed E-state index contributed by atoms with van der Waals surface area (Å²) in [6, 6.07) is 0. The van der Waals surface area contributed by atoms with Gasteiger partial charge in [0.2, 0.25) is 0 Å². The van der Waals surface area contributed by atoms with Crippen molar-refractivity contribution in [3.63, 3.8) is 0 Å². The number of carboxylic acid groups (broad SMARTS) is 1. The molecule has 14 heavy (non-hydrogen) atoms. The van der Waals surface area contributed by atoms with E-state index in [1.54, 1.807) is 0 Å². The molecule has 1 rings (SSSR count). The molecule has 0 saturated heterocycles. The lowest BCUT2D eigenvalue weighted by Gasteiger charge is -2.13. The molecule has 1 aliphatic carbocycles. The first kappa shape index (κ1) is 11.1. The van der Waals surface area contributed by atoms with Gasteiger partial charge in [0, 0.05) is 20.1 Å². The van der Waals surface area contributed by atoms with E-state index >= 15 is 0 Å². The van der Waals surface area contributed by atoms with E-state index in [4.69, 9.17) is 14.6 Å². The minimum atomic E-state index is -0.963. The van der Waals surface area contributed by atoms with Gasteiger partial charge < -0.3 is 14.6 Å². The van der Waals surface area contributed by atoms with Crippen molar-refractivity contribution in [3.8, 4) is 0 Å². The molecule has 1 N–H and O–H groups in total. The molecular weight excluding hydrogens is 188 g/mol. The maximum absolute atomic E-state index is 11.6. The summed E-state index contributed by atoms with van der Waals surface area (Å²) < 4.78 is 10.0. The molecule has 0 radical (unpaired) electrons. The summed E-state index contributed by atoms with van der Waals surface area (Å²) >= 11 is 0. The van der Waals surface area contributed by atoms with Gasteiger partial charge in [0.05, 0.1) is 12.5 Å². The maximum Gasteiger partial charge on any atom is 0.304 e. The number of hydrogen-bond donors (Lipinski definition) is 1. The lowest BCUT2D eigenvalue weighted by atomic mass is 10.0. The predicted octanol–water partition coefficient (Wildman–Crippen LogP) is 0.0801. The number of ketones is 1. The molecule has 0 aromatic heterocycles. The van der Waals surface area contributed by atoms with E-state index in [2.05, 4.69) is 0 Å². The van der Waals surface area contributed by atoms with Gasteiger partial charge in [-0.2, -0.15) is 0 Å². The highest BCUT2D eigenvalue weighted by molar-refractivity contribution is 5.91.